The van der Waals surface area contributed by atoms with E-state index in [1.54, 1.807) is 0 Å². The molecule has 2 unspecified atom stereocenters. The second-order valence-electron chi connectivity index (χ2n) is 4.34. The second kappa shape index (κ2) is 8.42. The average molecular weight is 259 g/mol. The van der Waals surface area contributed by atoms with Crippen LogP contribution in [0.2, 0.25) is 0 Å². The van der Waals surface area contributed by atoms with E-state index in [0.717, 1.165) is 19.5 Å². The van der Waals surface area contributed by atoms with Gasteiger partial charge in [-0.1, -0.05) is 26.1 Å². The second-order valence-corrected chi connectivity index (χ2v) is 4.86. The van der Waals surface area contributed by atoms with E-state index in [2.05, 4.69) is 17.1 Å². The van der Waals surface area contributed by atoms with Gasteiger partial charge in [0.2, 0.25) is 5.91 Å². The first-order valence-electron chi connectivity index (χ1n) is 6.25. The minimum absolute atomic E-state index is 0.0733. The first kappa shape index (κ1) is 16.3. The number of thiocarbonyl (C=S) groups is 1. The van der Waals surface area contributed by atoms with Crippen LogP contribution >= 0.6 is 12.2 Å². The molecule has 0 fully saturated rings. The molecule has 0 aliphatic rings. The van der Waals surface area contributed by atoms with Crippen LogP contribution in [0.25, 0.3) is 0 Å². The molecular formula is C12H25N3OS. The molecule has 17 heavy (non-hydrogen) atoms. The predicted molar refractivity (Wildman–Crippen MR) is 76.0 cm³/mol. The van der Waals surface area contributed by atoms with E-state index in [1.165, 1.54) is 0 Å². The van der Waals surface area contributed by atoms with Gasteiger partial charge in [-0.3, -0.25) is 9.69 Å². The molecule has 0 spiro atoms. The number of likely N-dealkylation sites (N-methyl/N-ethyl adjacent to an activating group) is 1. The predicted octanol–water partition coefficient (Wildman–Crippen LogP) is 1.29. The molecule has 4 nitrogen and oxygen atoms in total. The number of nitrogens with zero attached hydrogens (tertiary/aromatic N) is 1. The fourth-order valence-corrected chi connectivity index (χ4v) is 1.60. The van der Waals surface area contributed by atoms with E-state index < -0.39 is 0 Å². The summed E-state index contributed by atoms with van der Waals surface area (Å²) in [6.45, 7) is 9.57. The lowest BCUT2D eigenvalue weighted by Crippen LogP contribution is -2.48. The Morgan fingerprint density at radius 3 is 2.41 bits per heavy atom. The van der Waals surface area contributed by atoms with Gasteiger partial charge in [0, 0.05) is 19.0 Å². The van der Waals surface area contributed by atoms with Gasteiger partial charge < -0.3 is 11.1 Å². The molecule has 0 heterocycles. The Kier molecular flexibility index (Phi) is 8.08. The fraction of sp³-hybridized carbons (Fsp3) is 0.833. The molecule has 0 radical (unpaired) electrons. The molecule has 0 aliphatic heterocycles. The third kappa shape index (κ3) is 6.58. The Hall–Kier alpha value is -0.680. The summed E-state index contributed by atoms with van der Waals surface area (Å²) in [5.74, 6) is 0.0733. The monoisotopic (exact) mass is 259 g/mol. The van der Waals surface area contributed by atoms with Gasteiger partial charge in [-0.2, -0.15) is 0 Å². The minimum atomic E-state index is -0.136. The fourth-order valence-electron chi connectivity index (χ4n) is 1.51. The number of hydrogen-bond donors (Lipinski definition) is 2. The number of nitrogens with two attached hydrogens (primary N) is 1. The summed E-state index contributed by atoms with van der Waals surface area (Å²) in [5, 5.41) is 2.99. The summed E-state index contributed by atoms with van der Waals surface area (Å²) < 4.78 is 0. The normalized spacial score (nSPS) is 14.4. The van der Waals surface area contributed by atoms with Crippen LogP contribution in [-0.4, -0.2) is 41.0 Å². The zero-order chi connectivity index (χ0) is 13.4. The SMILES string of the molecule is CCC(C)NC(=O)C(C)N(CC)CCC(N)=S. The summed E-state index contributed by atoms with van der Waals surface area (Å²) >= 11 is 4.85. The summed E-state index contributed by atoms with van der Waals surface area (Å²) in [6, 6.07) is 0.0857. The maximum atomic E-state index is 11.9. The maximum absolute atomic E-state index is 11.9. The van der Waals surface area contributed by atoms with Crippen molar-refractivity contribution >= 4 is 23.1 Å². The summed E-state index contributed by atoms with van der Waals surface area (Å²) in [4.78, 5) is 14.5. The topological polar surface area (TPSA) is 58.4 Å². The van der Waals surface area contributed by atoms with Crippen LogP contribution in [0, 0.1) is 0 Å². The lowest BCUT2D eigenvalue weighted by atomic mass is 10.2. The van der Waals surface area contributed by atoms with Crippen molar-refractivity contribution in [3.63, 3.8) is 0 Å². The molecule has 0 bridgehead atoms. The number of nitrogens with one attached hydrogen (secondary N) is 1. The lowest BCUT2D eigenvalue weighted by Gasteiger charge is -2.27. The number of amides is 1. The molecule has 0 aromatic rings. The first-order chi connectivity index (χ1) is 7.92. The van der Waals surface area contributed by atoms with Crippen molar-refractivity contribution in [2.45, 2.75) is 52.6 Å². The molecule has 0 saturated heterocycles. The molecule has 0 saturated carbocycles. The van der Waals surface area contributed by atoms with Crippen LogP contribution in [0.4, 0.5) is 0 Å². The van der Waals surface area contributed by atoms with E-state index in [1.807, 2.05) is 20.8 Å². The van der Waals surface area contributed by atoms with Gasteiger partial charge in [-0.25, -0.2) is 0 Å². The van der Waals surface area contributed by atoms with Crippen LogP contribution in [0.3, 0.4) is 0 Å². The van der Waals surface area contributed by atoms with Gasteiger partial charge in [0.1, 0.15) is 0 Å². The molecular weight excluding hydrogens is 234 g/mol. The van der Waals surface area contributed by atoms with Crippen LogP contribution < -0.4 is 11.1 Å². The summed E-state index contributed by atoms with van der Waals surface area (Å²) in [7, 11) is 0. The molecule has 0 rings (SSSR count). The Balaban J connectivity index is 4.26. The molecule has 0 aromatic carbocycles. The first-order valence-corrected chi connectivity index (χ1v) is 6.65. The summed E-state index contributed by atoms with van der Waals surface area (Å²) in [6.07, 6.45) is 1.60. The van der Waals surface area contributed by atoms with Crippen molar-refractivity contribution < 1.29 is 4.79 Å². The Bertz CT molecular complexity index is 258. The highest BCUT2D eigenvalue weighted by Gasteiger charge is 2.20. The number of carbonyl (C=O) groups is 1. The van der Waals surface area contributed by atoms with Gasteiger partial charge in [-0.15, -0.1) is 0 Å². The third-order valence-corrected chi connectivity index (χ3v) is 3.18. The van der Waals surface area contributed by atoms with Gasteiger partial charge in [0.05, 0.1) is 11.0 Å². The van der Waals surface area contributed by atoms with E-state index in [9.17, 15) is 4.79 Å². The van der Waals surface area contributed by atoms with Crippen molar-refractivity contribution in [3.8, 4) is 0 Å². The summed E-state index contributed by atoms with van der Waals surface area (Å²) in [5.41, 5.74) is 5.48. The minimum Gasteiger partial charge on any atom is -0.393 e. The molecule has 3 N–H and O–H groups in total. The highest BCUT2D eigenvalue weighted by molar-refractivity contribution is 7.80. The largest absolute Gasteiger partial charge is 0.393 e. The molecule has 2 atom stereocenters. The Morgan fingerprint density at radius 1 is 1.41 bits per heavy atom. The molecule has 100 valence electrons. The molecule has 1 amide bonds. The highest BCUT2D eigenvalue weighted by atomic mass is 32.1. The van der Waals surface area contributed by atoms with Gasteiger partial charge in [-0.05, 0) is 26.8 Å². The van der Waals surface area contributed by atoms with E-state index in [-0.39, 0.29) is 18.0 Å². The van der Waals surface area contributed by atoms with Crippen LogP contribution in [0.15, 0.2) is 0 Å². The van der Waals surface area contributed by atoms with E-state index in [0.29, 0.717) is 11.4 Å². The zero-order valence-electron chi connectivity index (χ0n) is 11.3. The van der Waals surface area contributed by atoms with Gasteiger partial charge in [0.25, 0.3) is 0 Å². The van der Waals surface area contributed by atoms with Crippen molar-refractivity contribution in [2.24, 2.45) is 5.73 Å². The Morgan fingerprint density at radius 2 is 2.00 bits per heavy atom. The van der Waals surface area contributed by atoms with Crippen LogP contribution in [-0.2, 0) is 4.79 Å². The lowest BCUT2D eigenvalue weighted by molar-refractivity contribution is -0.126. The highest BCUT2D eigenvalue weighted by Crippen LogP contribution is 2.02. The van der Waals surface area contributed by atoms with Crippen molar-refractivity contribution in [2.75, 3.05) is 13.1 Å². The van der Waals surface area contributed by atoms with Crippen molar-refractivity contribution in [3.05, 3.63) is 0 Å². The van der Waals surface area contributed by atoms with Gasteiger partial charge in [0.15, 0.2) is 0 Å². The number of rotatable bonds is 8. The standard InChI is InChI=1S/C12H25N3OS/c1-5-9(3)14-12(16)10(4)15(6-2)8-7-11(13)17/h9-10H,5-8H2,1-4H3,(H2,13,17)(H,14,16). The van der Waals surface area contributed by atoms with E-state index >= 15 is 0 Å². The van der Waals surface area contributed by atoms with Gasteiger partial charge >= 0.3 is 0 Å². The number of carbonyl (C=O) groups excluding carboxylic acids is 1. The Labute approximate surface area is 110 Å². The smallest absolute Gasteiger partial charge is 0.237 e. The average Bonchev–Trinajstić information content (AvgIpc) is 2.28. The zero-order valence-corrected chi connectivity index (χ0v) is 12.1. The van der Waals surface area contributed by atoms with Crippen molar-refractivity contribution in [1.29, 1.82) is 0 Å². The molecule has 0 aliphatic carbocycles. The van der Waals surface area contributed by atoms with Crippen molar-refractivity contribution in [1.82, 2.24) is 10.2 Å². The van der Waals surface area contributed by atoms with Crippen LogP contribution in [0.1, 0.15) is 40.5 Å². The van der Waals surface area contributed by atoms with Crippen LogP contribution in [0.5, 0.6) is 0 Å². The third-order valence-electron chi connectivity index (χ3n) is 2.98. The molecule has 5 heteroatoms. The quantitative estimate of drug-likeness (QED) is 0.645. The maximum Gasteiger partial charge on any atom is 0.237 e. The van der Waals surface area contributed by atoms with E-state index in [4.69, 9.17) is 18.0 Å². The molecule has 0 aromatic heterocycles. The number of hydrogen-bond acceptors (Lipinski definition) is 3.